The molecule has 9 aromatic carbocycles. The molecule has 0 atom stereocenters. The van der Waals surface area contributed by atoms with Gasteiger partial charge < -0.3 is 18.5 Å². The summed E-state index contributed by atoms with van der Waals surface area (Å²) in [5, 5.41) is 5.96. The van der Waals surface area contributed by atoms with E-state index in [2.05, 4.69) is 226 Å². The van der Waals surface area contributed by atoms with E-state index in [4.69, 9.17) is 4.42 Å². The molecule has 0 unspecified atom stereocenters. The molecule has 12 aromatic rings. The van der Waals surface area contributed by atoms with Crippen molar-refractivity contribution in [3.63, 3.8) is 0 Å². The van der Waals surface area contributed by atoms with Crippen LogP contribution in [0.5, 0.6) is 0 Å². The van der Waals surface area contributed by atoms with Gasteiger partial charge in [0, 0.05) is 61.6 Å². The van der Waals surface area contributed by atoms with E-state index in [0.29, 0.717) is 0 Å². The molecule has 3 heterocycles. The number of aromatic nitrogens is 2. The molecular weight excluding hydrogens is 731 g/mol. The Balaban J connectivity index is 0.898. The van der Waals surface area contributed by atoms with Crippen molar-refractivity contribution in [2.75, 3.05) is 4.90 Å². The van der Waals surface area contributed by atoms with E-state index in [1.165, 1.54) is 49.4 Å². The third-order valence-corrected chi connectivity index (χ3v) is 12.0. The highest BCUT2D eigenvalue weighted by Gasteiger charge is 2.18. The van der Waals surface area contributed by atoms with Crippen LogP contribution in [-0.2, 0) is 0 Å². The third kappa shape index (κ3) is 5.61. The predicted octanol–water partition coefficient (Wildman–Crippen LogP) is 15.4. The van der Waals surface area contributed by atoms with E-state index in [-0.39, 0.29) is 0 Å². The summed E-state index contributed by atoms with van der Waals surface area (Å²) in [6.07, 6.45) is 2.19. The summed E-state index contributed by atoms with van der Waals surface area (Å²) in [5.74, 6) is 0. The van der Waals surface area contributed by atoms with E-state index in [0.717, 1.165) is 55.9 Å². The number of para-hydroxylation sites is 3. The summed E-state index contributed by atoms with van der Waals surface area (Å²) >= 11 is 0. The van der Waals surface area contributed by atoms with E-state index < -0.39 is 0 Å². The summed E-state index contributed by atoms with van der Waals surface area (Å²) in [6.45, 7) is 0. The molecule has 4 heteroatoms. The zero-order chi connectivity index (χ0) is 39.6. The quantitative estimate of drug-likeness (QED) is 0.161. The maximum Gasteiger partial charge on any atom is 0.135 e. The van der Waals surface area contributed by atoms with Gasteiger partial charge in [-0.05, 0) is 119 Å². The van der Waals surface area contributed by atoms with Gasteiger partial charge in [-0.1, -0.05) is 121 Å². The molecule has 282 valence electrons. The lowest BCUT2D eigenvalue weighted by atomic mass is 10.0. The first-order valence-electron chi connectivity index (χ1n) is 20.4. The third-order valence-electron chi connectivity index (χ3n) is 12.0. The molecule has 0 N–H and O–H groups in total. The number of rotatable bonds is 7. The second-order valence-corrected chi connectivity index (χ2v) is 15.4. The number of hydrogen-bond donors (Lipinski definition) is 0. The molecule has 60 heavy (non-hydrogen) atoms. The molecule has 0 saturated carbocycles. The normalized spacial score (nSPS) is 11.7. The van der Waals surface area contributed by atoms with E-state index in [9.17, 15) is 0 Å². The zero-order valence-electron chi connectivity index (χ0n) is 32.6. The van der Waals surface area contributed by atoms with E-state index in [1.54, 1.807) is 0 Å². The minimum Gasteiger partial charge on any atom is -0.456 e. The van der Waals surface area contributed by atoms with Gasteiger partial charge in [-0.25, -0.2) is 0 Å². The Morgan fingerprint density at radius 1 is 0.333 bits per heavy atom. The van der Waals surface area contributed by atoms with Crippen molar-refractivity contribution in [3.05, 3.63) is 225 Å². The van der Waals surface area contributed by atoms with Crippen LogP contribution in [0.2, 0.25) is 0 Å². The second-order valence-electron chi connectivity index (χ2n) is 15.4. The Morgan fingerprint density at radius 3 is 1.62 bits per heavy atom. The van der Waals surface area contributed by atoms with Crippen molar-refractivity contribution in [3.8, 4) is 33.6 Å². The highest BCUT2D eigenvalue weighted by atomic mass is 16.3. The first kappa shape index (κ1) is 34.0. The van der Waals surface area contributed by atoms with Crippen LogP contribution in [0.25, 0.3) is 88.3 Å². The summed E-state index contributed by atoms with van der Waals surface area (Å²) in [6, 6.07) is 78.2. The van der Waals surface area contributed by atoms with Crippen LogP contribution in [0.1, 0.15) is 0 Å². The smallest absolute Gasteiger partial charge is 0.135 e. The van der Waals surface area contributed by atoms with Gasteiger partial charge in [-0.3, -0.25) is 0 Å². The lowest BCUT2D eigenvalue weighted by Crippen LogP contribution is -2.09. The molecule has 12 rings (SSSR count). The Labute approximate surface area is 347 Å². The number of furan rings is 1. The maximum atomic E-state index is 6.21. The lowest BCUT2D eigenvalue weighted by Gasteiger charge is -2.26. The Kier molecular flexibility index (Phi) is 7.82. The highest BCUT2D eigenvalue weighted by Crippen LogP contribution is 2.41. The van der Waals surface area contributed by atoms with Gasteiger partial charge in [0.05, 0.1) is 16.6 Å². The molecular formula is C56H37N3O. The first-order chi connectivity index (χ1) is 29.7. The summed E-state index contributed by atoms with van der Waals surface area (Å²) in [7, 11) is 0. The maximum absolute atomic E-state index is 6.21. The molecule has 3 aromatic heterocycles. The van der Waals surface area contributed by atoms with Gasteiger partial charge in [0.2, 0.25) is 0 Å². The molecule has 0 fully saturated rings. The zero-order valence-corrected chi connectivity index (χ0v) is 32.6. The summed E-state index contributed by atoms with van der Waals surface area (Å²) in [5.41, 5.74) is 15.6. The average Bonchev–Trinajstić information content (AvgIpc) is 4.01. The largest absolute Gasteiger partial charge is 0.456 e. The lowest BCUT2D eigenvalue weighted by molar-refractivity contribution is 0.669. The Hall–Kier alpha value is -8.08. The fraction of sp³-hybridized carbons (Fsp3) is 0. The van der Waals surface area contributed by atoms with Gasteiger partial charge in [-0.15, -0.1) is 0 Å². The number of fused-ring (bicyclic) bond motifs is 7. The molecule has 0 bridgehead atoms. The van der Waals surface area contributed by atoms with Crippen LogP contribution in [0.15, 0.2) is 229 Å². The predicted molar refractivity (Wildman–Crippen MR) is 250 cm³/mol. The van der Waals surface area contributed by atoms with Crippen LogP contribution < -0.4 is 4.90 Å². The molecule has 0 aliphatic heterocycles. The van der Waals surface area contributed by atoms with Crippen molar-refractivity contribution in [1.29, 1.82) is 0 Å². The van der Waals surface area contributed by atoms with Crippen molar-refractivity contribution in [2.24, 2.45) is 0 Å². The fourth-order valence-corrected chi connectivity index (χ4v) is 9.03. The SMILES string of the molecule is c1ccc(-c2ccc(N(c3ccc(-c4ccc(-n5ccc6cc7c8ccccc8n(-c8ccccc8)c7cc65)cc4)cc3)c3ccc4oc5ccccc5c4c3)cc2)cc1. The number of nitrogens with zero attached hydrogens (tertiary/aromatic N) is 3. The van der Waals surface area contributed by atoms with Crippen molar-refractivity contribution in [1.82, 2.24) is 9.13 Å². The van der Waals surface area contributed by atoms with Gasteiger partial charge in [-0.2, -0.15) is 0 Å². The van der Waals surface area contributed by atoms with Crippen molar-refractivity contribution < 1.29 is 4.42 Å². The van der Waals surface area contributed by atoms with Crippen LogP contribution in [0.4, 0.5) is 17.1 Å². The average molecular weight is 768 g/mol. The number of benzene rings is 9. The van der Waals surface area contributed by atoms with Crippen LogP contribution in [0.3, 0.4) is 0 Å². The summed E-state index contributed by atoms with van der Waals surface area (Å²) < 4.78 is 10.9. The number of anilines is 3. The highest BCUT2D eigenvalue weighted by molar-refractivity contribution is 6.13. The van der Waals surface area contributed by atoms with Gasteiger partial charge in [0.1, 0.15) is 11.2 Å². The Morgan fingerprint density at radius 2 is 0.900 bits per heavy atom. The molecule has 0 spiro atoms. The molecule has 0 aliphatic carbocycles. The van der Waals surface area contributed by atoms with E-state index >= 15 is 0 Å². The van der Waals surface area contributed by atoms with Gasteiger partial charge in [0.25, 0.3) is 0 Å². The minimum absolute atomic E-state index is 0.884. The second kappa shape index (κ2) is 13.8. The topological polar surface area (TPSA) is 26.2 Å². The Bertz CT molecular complexity index is 3500. The van der Waals surface area contributed by atoms with Crippen molar-refractivity contribution >= 4 is 71.7 Å². The minimum atomic E-state index is 0.884. The first-order valence-corrected chi connectivity index (χ1v) is 20.4. The van der Waals surface area contributed by atoms with Gasteiger partial charge >= 0.3 is 0 Å². The fourth-order valence-electron chi connectivity index (χ4n) is 9.03. The van der Waals surface area contributed by atoms with Crippen molar-refractivity contribution in [2.45, 2.75) is 0 Å². The molecule has 0 amide bonds. The molecule has 4 nitrogen and oxygen atoms in total. The molecule has 0 radical (unpaired) electrons. The van der Waals surface area contributed by atoms with E-state index in [1.807, 2.05) is 12.1 Å². The van der Waals surface area contributed by atoms with Crippen LogP contribution in [0, 0.1) is 0 Å². The molecule has 0 aliphatic rings. The monoisotopic (exact) mass is 767 g/mol. The standard InChI is InChI=1S/C56H37N3O/c1-3-11-38(12-4-1)39-21-27-45(28-22-39)58(47-31-32-56-51(36-47)49-16-8-10-18-55(49)60-56)46-29-23-41(24-30-46)40-19-25-43(26-20-40)57-34-33-42-35-50-48-15-7-9-17-52(48)59(54(50)37-53(42)57)44-13-5-2-6-14-44/h1-37H. The van der Waals surface area contributed by atoms with Crippen LogP contribution >= 0.6 is 0 Å². The summed E-state index contributed by atoms with van der Waals surface area (Å²) in [4.78, 5) is 2.33. The van der Waals surface area contributed by atoms with Gasteiger partial charge in [0.15, 0.2) is 0 Å². The molecule has 0 saturated heterocycles. The number of hydrogen-bond acceptors (Lipinski definition) is 2. The van der Waals surface area contributed by atoms with Crippen LogP contribution in [-0.4, -0.2) is 9.13 Å².